The Balaban J connectivity index is 1.95. The zero-order valence-electron chi connectivity index (χ0n) is 17.3. The van der Waals surface area contributed by atoms with Crippen LogP contribution in [0, 0.1) is 6.92 Å². The van der Waals surface area contributed by atoms with Gasteiger partial charge >= 0.3 is 5.69 Å². The molecule has 0 spiro atoms. The van der Waals surface area contributed by atoms with Gasteiger partial charge in [-0.05, 0) is 46.8 Å². The van der Waals surface area contributed by atoms with Crippen LogP contribution in [0.2, 0.25) is 0 Å². The molecule has 3 rings (SSSR count). The van der Waals surface area contributed by atoms with Gasteiger partial charge in [0.05, 0.1) is 6.04 Å². The summed E-state index contributed by atoms with van der Waals surface area (Å²) in [4.78, 5) is 34.8. The van der Waals surface area contributed by atoms with E-state index in [4.69, 9.17) is 9.57 Å². The van der Waals surface area contributed by atoms with Crippen LogP contribution in [0.15, 0.2) is 15.8 Å². The van der Waals surface area contributed by atoms with Crippen molar-refractivity contribution < 1.29 is 14.7 Å². The third-order valence-corrected chi connectivity index (χ3v) is 5.94. The second-order valence-corrected chi connectivity index (χ2v) is 8.03. The Morgan fingerprint density at radius 3 is 2.64 bits per heavy atom. The Labute approximate surface area is 164 Å². The minimum absolute atomic E-state index is 0.129. The summed E-state index contributed by atoms with van der Waals surface area (Å²) in [7, 11) is 4.05. The molecule has 0 aliphatic carbocycles. The fourth-order valence-corrected chi connectivity index (χ4v) is 4.47. The summed E-state index contributed by atoms with van der Waals surface area (Å²) in [6, 6.07) is -0.129. The molecule has 2 aliphatic rings. The highest BCUT2D eigenvalue weighted by Crippen LogP contribution is 2.49. The van der Waals surface area contributed by atoms with Crippen molar-refractivity contribution in [2.75, 3.05) is 27.2 Å². The Kier molecular flexibility index (Phi) is 6.11. The predicted octanol–water partition coefficient (Wildman–Crippen LogP) is 0.230. The van der Waals surface area contributed by atoms with Crippen LogP contribution in [0.3, 0.4) is 0 Å². The van der Waals surface area contributed by atoms with Gasteiger partial charge in [0.1, 0.15) is 11.7 Å². The van der Waals surface area contributed by atoms with E-state index in [1.807, 2.05) is 33.0 Å². The maximum Gasteiger partial charge on any atom is 0.330 e. The van der Waals surface area contributed by atoms with Crippen LogP contribution in [0.4, 0.5) is 0 Å². The molecule has 1 aromatic rings. The van der Waals surface area contributed by atoms with Crippen molar-refractivity contribution in [3.63, 3.8) is 0 Å². The molecule has 2 saturated heterocycles. The summed E-state index contributed by atoms with van der Waals surface area (Å²) >= 11 is 0. The third kappa shape index (κ3) is 3.46. The molecular formula is C19H32N4O5. The molecule has 2 bridgehead atoms. The fourth-order valence-electron chi connectivity index (χ4n) is 4.47. The van der Waals surface area contributed by atoms with Crippen LogP contribution in [0.5, 0.6) is 0 Å². The minimum atomic E-state index is -0.864. The SMILES string of the molecule is CC[C@H]1N(CCCN(C)C)OC2[C@H](n3cc(C)c(=O)[nH]c3=O)O[C@]1(CC)[C@@H]2O. The van der Waals surface area contributed by atoms with Crippen LogP contribution in [-0.2, 0) is 9.57 Å². The van der Waals surface area contributed by atoms with Gasteiger partial charge in [-0.2, -0.15) is 5.06 Å². The maximum absolute atomic E-state index is 12.4. The van der Waals surface area contributed by atoms with Crippen LogP contribution in [0.1, 0.15) is 44.9 Å². The quantitative estimate of drug-likeness (QED) is 0.680. The third-order valence-electron chi connectivity index (χ3n) is 5.94. The summed E-state index contributed by atoms with van der Waals surface area (Å²) in [6.45, 7) is 7.29. The van der Waals surface area contributed by atoms with E-state index in [1.54, 1.807) is 6.92 Å². The molecule has 3 heterocycles. The largest absolute Gasteiger partial charge is 0.387 e. The normalized spacial score (nSPS) is 33.0. The van der Waals surface area contributed by atoms with E-state index in [0.29, 0.717) is 18.5 Å². The lowest BCUT2D eigenvalue weighted by Crippen LogP contribution is -2.64. The number of nitrogens with one attached hydrogen (secondary N) is 1. The Bertz CT molecular complexity index is 806. The number of aromatic amines is 1. The van der Waals surface area contributed by atoms with E-state index >= 15 is 0 Å². The molecule has 158 valence electrons. The number of fused-ring (bicyclic) bond motifs is 2. The number of aliphatic hydroxyl groups excluding tert-OH is 1. The van der Waals surface area contributed by atoms with E-state index in [1.165, 1.54) is 10.8 Å². The number of hydroxylamine groups is 2. The van der Waals surface area contributed by atoms with Crippen molar-refractivity contribution in [1.29, 1.82) is 0 Å². The first kappa shape index (κ1) is 21.2. The summed E-state index contributed by atoms with van der Waals surface area (Å²) in [5.41, 5.74) is -1.42. The van der Waals surface area contributed by atoms with Crippen LogP contribution in [-0.4, -0.2) is 75.7 Å². The van der Waals surface area contributed by atoms with E-state index in [-0.39, 0.29) is 6.04 Å². The molecule has 1 aromatic heterocycles. The Morgan fingerprint density at radius 1 is 1.32 bits per heavy atom. The van der Waals surface area contributed by atoms with Gasteiger partial charge in [-0.1, -0.05) is 13.8 Å². The molecule has 5 atom stereocenters. The van der Waals surface area contributed by atoms with Crippen LogP contribution < -0.4 is 11.2 Å². The second kappa shape index (κ2) is 8.08. The lowest BCUT2D eigenvalue weighted by atomic mass is 9.82. The number of aliphatic hydroxyl groups is 1. The lowest BCUT2D eigenvalue weighted by molar-refractivity contribution is -0.295. The average molecular weight is 396 g/mol. The average Bonchev–Trinajstić information content (AvgIpc) is 2.82. The fraction of sp³-hybridized carbons (Fsp3) is 0.789. The van der Waals surface area contributed by atoms with E-state index in [0.717, 1.165) is 19.4 Å². The molecule has 0 amide bonds. The van der Waals surface area contributed by atoms with Gasteiger partial charge in [0.2, 0.25) is 0 Å². The van der Waals surface area contributed by atoms with E-state index in [2.05, 4.69) is 9.88 Å². The molecular weight excluding hydrogens is 364 g/mol. The van der Waals surface area contributed by atoms with Gasteiger partial charge < -0.3 is 14.7 Å². The lowest BCUT2D eigenvalue weighted by Gasteiger charge is -2.47. The van der Waals surface area contributed by atoms with Gasteiger partial charge in [-0.15, -0.1) is 0 Å². The molecule has 0 aromatic carbocycles. The summed E-state index contributed by atoms with van der Waals surface area (Å²) in [5.74, 6) is 0. The zero-order chi connectivity index (χ0) is 20.6. The molecule has 2 N–H and O–H groups in total. The van der Waals surface area contributed by atoms with Gasteiger partial charge in [0, 0.05) is 18.3 Å². The first-order chi connectivity index (χ1) is 13.2. The molecule has 0 saturated carbocycles. The number of rotatable bonds is 7. The number of nitrogens with zero attached hydrogens (tertiary/aromatic N) is 3. The summed E-state index contributed by atoms with van der Waals surface area (Å²) in [6.07, 6.45) is 1.33. The van der Waals surface area contributed by atoms with Gasteiger partial charge in [-0.3, -0.25) is 19.2 Å². The van der Waals surface area contributed by atoms with Crippen LogP contribution in [0.25, 0.3) is 0 Å². The van der Waals surface area contributed by atoms with Crippen molar-refractivity contribution in [2.45, 2.75) is 70.1 Å². The standard InChI is InChI=1S/C19H32N4O5/c1-6-13-19(7-2)15(24)14(28-23(13)10-8-9-21(4)5)17(27-19)22-11-12(3)16(25)20-18(22)26/h11,13-15,17,24H,6-10H2,1-5H3,(H,20,25,26)/t13-,14?,15-,17-,19+/m1/s1. The minimum Gasteiger partial charge on any atom is -0.387 e. The Hall–Kier alpha value is -1.52. The summed E-state index contributed by atoms with van der Waals surface area (Å²) < 4.78 is 7.70. The molecule has 2 aliphatic heterocycles. The topological polar surface area (TPSA) is 100 Å². The second-order valence-electron chi connectivity index (χ2n) is 8.03. The first-order valence-corrected chi connectivity index (χ1v) is 10.0. The van der Waals surface area contributed by atoms with Crippen molar-refractivity contribution >= 4 is 0 Å². The van der Waals surface area contributed by atoms with Crippen molar-refractivity contribution in [3.05, 3.63) is 32.6 Å². The number of ether oxygens (including phenoxy) is 1. The van der Waals surface area contributed by atoms with E-state index in [9.17, 15) is 14.7 Å². The highest BCUT2D eigenvalue weighted by Gasteiger charge is 2.64. The molecule has 0 radical (unpaired) electrons. The predicted molar refractivity (Wildman–Crippen MR) is 104 cm³/mol. The highest BCUT2D eigenvalue weighted by molar-refractivity contribution is 5.11. The van der Waals surface area contributed by atoms with Crippen molar-refractivity contribution in [3.8, 4) is 0 Å². The molecule has 9 heteroatoms. The van der Waals surface area contributed by atoms with Gasteiger partial charge in [-0.25, -0.2) is 4.79 Å². The number of hydrogen-bond donors (Lipinski definition) is 2. The molecule has 1 unspecified atom stereocenters. The highest BCUT2D eigenvalue weighted by atomic mass is 16.7. The van der Waals surface area contributed by atoms with Crippen LogP contribution >= 0.6 is 0 Å². The number of aryl methyl sites for hydroxylation is 1. The van der Waals surface area contributed by atoms with Gasteiger partial charge in [0.25, 0.3) is 5.56 Å². The summed E-state index contributed by atoms with van der Waals surface area (Å²) in [5, 5.41) is 13.0. The monoisotopic (exact) mass is 396 g/mol. The maximum atomic E-state index is 12.4. The van der Waals surface area contributed by atoms with Gasteiger partial charge in [0.15, 0.2) is 12.3 Å². The number of hydrogen-bond acceptors (Lipinski definition) is 7. The first-order valence-electron chi connectivity index (χ1n) is 10.0. The zero-order valence-corrected chi connectivity index (χ0v) is 17.3. The Morgan fingerprint density at radius 2 is 2.04 bits per heavy atom. The number of H-pyrrole nitrogens is 1. The van der Waals surface area contributed by atoms with Crippen molar-refractivity contribution in [1.82, 2.24) is 19.5 Å². The molecule has 2 fully saturated rings. The number of aromatic nitrogens is 2. The molecule has 9 nitrogen and oxygen atoms in total. The van der Waals surface area contributed by atoms with Crippen molar-refractivity contribution in [2.24, 2.45) is 0 Å². The smallest absolute Gasteiger partial charge is 0.330 e. The van der Waals surface area contributed by atoms with E-state index < -0.39 is 35.3 Å². The molecule has 28 heavy (non-hydrogen) atoms.